The molecule has 2 fully saturated rings. The SMILES string of the molecule is COc1cc(C)c(S(=O)(=O)N(C)CCOCC(=O)N(C)C2CCC(N3CCNCC3)C2)c(C)c1. The van der Waals surface area contributed by atoms with Crippen molar-refractivity contribution in [3.05, 3.63) is 23.3 Å². The van der Waals surface area contributed by atoms with Crippen molar-refractivity contribution in [1.29, 1.82) is 0 Å². The number of ether oxygens (including phenoxy) is 2. The zero-order chi connectivity index (χ0) is 24.9. The number of nitrogens with one attached hydrogen (secondary N) is 1. The van der Waals surface area contributed by atoms with Crippen LogP contribution in [0.3, 0.4) is 0 Å². The Bertz CT molecular complexity index is 926. The summed E-state index contributed by atoms with van der Waals surface area (Å²) in [5.74, 6) is 0.572. The molecule has 1 N–H and O–H groups in total. The molecule has 1 saturated carbocycles. The average Bonchev–Trinajstić information content (AvgIpc) is 3.31. The standard InChI is InChI=1S/C24H40N4O5S/c1-18-14-22(32-5)15-19(2)24(18)34(30,31)26(3)12-13-33-17-23(29)27(4)20-6-7-21(16-20)28-10-8-25-9-11-28/h14-15,20-21,25H,6-13,16-17H2,1-5H3. The Balaban J connectivity index is 1.45. The summed E-state index contributed by atoms with van der Waals surface area (Å²) in [6.07, 6.45) is 3.14. The van der Waals surface area contributed by atoms with Crippen molar-refractivity contribution < 1.29 is 22.7 Å². The van der Waals surface area contributed by atoms with Gasteiger partial charge in [-0.2, -0.15) is 4.31 Å². The second kappa shape index (κ2) is 11.8. The van der Waals surface area contributed by atoms with Gasteiger partial charge in [-0.15, -0.1) is 0 Å². The minimum Gasteiger partial charge on any atom is -0.497 e. The Morgan fingerprint density at radius 2 is 1.79 bits per heavy atom. The smallest absolute Gasteiger partial charge is 0.248 e. The summed E-state index contributed by atoms with van der Waals surface area (Å²) in [7, 11) is 1.26. The van der Waals surface area contributed by atoms with Crippen LogP contribution in [-0.2, 0) is 19.6 Å². The van der Waals surface area contributed by atoms with Crippen molar-refractivity contribution >= 4 is 15.9 Å². The van der Waals surface area contributed by atoms with Gasteiger partial charge in [-0.05, 0) is 56.4 Å². The van der Waals surface area contributed by atoms with Gasteiger partial charge < -0.3 is 19.7 Å². The molecule has 1 aliphatic heterocycles. The molecule has 1 aliphatic carbocycles. The molecule has 2 aliphatic rings. The largest absolute Gasteiger partial charge is 0.497 e. The second-order valence-electron chi connectivity index (χ2n) is 9.38. The first-order chi connectivity index (χ1) is 16.1. The molecule has 3 rings (SSSR count). The Morgan fingerprint density at radius 1 is 1.15 bits per heavy atom. The molecule has 0 spiro atoms. The first-order valence-corrected chi connectivity index (χ1v) is 13.5. The Hall–Kier alpha value is -1.72. The highest BCUT2D eigenvalue weighted by Gasteiger charge is 2.33. The fourth-order valence-electron chi connectivity index (χ4n) is 5.03. The maximum absolute atomic E-state index is 13.1. The zero-order valence-corrected chi connectivity index (χ0v) is 22.0. The highest BCUT2D eigenvalue weighted by atomic mass is 32.2. The van der Waals surface area contributed by atoms with Crippen LogP contribution in [0, 0.1) is 13.8 Å². The van der Waals surface area contributed by atoms with Gasteiger partial charge in [0.05, 0.1) is 18.6 Å². The third kappa shape index (κ3) is 6.28. The average molecular weight is 497 g/mol. The molecule has 1 saturated heterocycles. The van der Waals surface area contributed by atoms with E-state index in [1.165, 1.54) is 11.4 Å². The van der Waals surface area contributed by atoms with E-state index in [9.17, 15) is 13.2 Å². The highest BCUT2D eigenvalue weighted by Crippen LogP contribution is 2.29. The molecular weight excluding hydrogens is 456 g/mol. The third-order valence-corrected chi connectivity index (χ3v) is 9.26. The first-order valence-electron chi connectivity index (χ1n) is 12.0. The number of piperazine rings is 1. The van der Waals surface area contributed by atoms with Crippen molar-refractivity contribution in [3.63, 3.8) is 0 Å². The number of nitrogens with zero attached hydrogens (tertiary/aromatic N) is 3. The highest BCUT2D eigenvalue weighted by molar-refractivity contribution is 7.89. The molecule has 2 unspecified atom stereocenters. The summed E-state index contributed by atoms with van der Waals surface area (Å²) in [6, 6.07) is 4.22. The molecule has 0 aromatic heterocycles. The topological polar surface area (TPSA) is 91.4 Å². The number of sulfonamides is 1. The van der Waals surface area contributed by atoms with Gasteiger partial charge in [-0.25, -0.2) is 8.42 Å². The lowest BCUT2D eigenvalue weighted by Gasteiger charge is -2.33. The predicted molar refractivity (Wildman–Crippen MR) is 132 cm³/mol. The van der Waals surface area contributed by atoms with E-state index in [1.807, 2.05) is 11.9 Å². The molecule has 0 radical (unpaired) electrons. The van der Waals surface area contributed by atoms with E-state index in [4.69, 9.17) is 9.47 Å². The van der Waals surface area contributed by atoms with Crippen molar-refractivity contribution in [3.8, 4) is 5.75 Å². The van der Waals surface area contributed by atoms with E-state index in [-0.39, 0.29) is 36.6 Å². The number of amides is 1. The molecule has 2 atom stereocenters. The molecule has 1 heterocycles. The third-order valence-electron chi connectivity index (χ3n) is 7.10. The number of aryl methyl sites for hydroxylation is 2. The molecule has 1 aromatic rings. The number of carbonyl (C=O) groups excluding carboxylic acids is 1. The summed E-state index contributed by atoms with van der Waals surface area (Å²) < 4.78 is 38.3. The summed E-state index contributed by atoms with van der Waals surface area (Å²) in [4.78, 5) is 17.3. The van der Waals surface area contributed by atoms with Crippen LogP contribution < -0.4 is 10.1 Å². The number of benzene rings is 1. The van der Waals surface area contributed by atoms with Crippen molar-refractivity contribution in [2.75, 3.05) is 67.1 Å². The molecule has 0 bridgehead atoms. The quantitative estimate of drug-likeness (QED) is 0.487. The Morgan fingerprint density at radius 3 is 2.41 bits per heavy atom. The van der Waals surface area contributed by atoms with Crippen LogP contribution in [0.15, 0.2) is 17.0 Å². The van der Waals surface area contributed by atoms with Gasteiger partial charge in [-0.3, -0.25) is 9.69 Å². The maximum atomic E-state index is 13.1. The van der Waals surface area contributed by atoms with E-state index in [2.05, 4.69) is 10.2 Å². The van der Waals surface area contributed by atoms with Crippen LogP contribution >= 0.6 is 0 Å². The van der Waals surface area contributed by atoms with Gasteiger partial charge in [0, 0.05) is 58.9 Å². The molecule has 1 amide bonds. The molecule has 9 nitrogen and oxygen atoms in total. The molecular formula is C24H40N4O5S. The lowest BCUT2D eigenvalue weighted by atomic mass is 10.1. The molecule has 10 heteroatoms. The number of hydrogen-bond acceptors (Lipinski definition) is 7. The van der Waals surface area contributed by atoms with Gasteiger partial charge in [0.25, 0.3) is 0 Å². The molecule has 192 valence electrons. The normalized spacial score (nSPS) is 21.7. The summed E-state index contributed by atoms with van der Waals surface area (Å²) in [5, 5.41) is 3.39. The summed E-state index contributed by atoms with van der Waals surface area (Å²) in [5.41, 5.74) is 1.27. The van der Waals surface area contributed by atoms with Gasteiger partial charge in [0.1, 0.15) is 12.4 Å². The van der Waals surface area contributed by atoms with Crippen molar-refractivity contribution in [1.82, 2.24) is 19.4 Å². The molecule has 1 aromatic carbocycles. The van der Waals surface area contributed by atoms with Crippen LogP contribution in [-0.4, -0.2) is 108 Å². The summed E-state index contributed by atoms with van der Waals surface area (Å²) in [6.45, 7) is 8.01. The van der Waals surface area contributed by atoms with Gasteiger partial charge >= 0.3 is 0 Å². The minimum absolute atomic E-state index is 0.0419. The van der Waals surface area contributed by atoms with E-state index in [1.54, 1.807) is 33.1 Å². The lowest BCUT2D eigenvalue weighted by molar-refractivity contribution is -0.136. The fourth-order valence-corrected chi connectivity index (χ4v) is 6.59. The van der Waals surface area contributed by atoms with E-state index >= 15 is 0 Å². The Kier molecular flexibility index (Phi) is 9.34. The van der Waals surface area contributed by atoms with Crippen molar-refractivity contribution in [2.45, 2.75) is 50.1 Å². The second-order valence-corrected chi connectivity index (χ2v) is 11.4. The number of rotatable bonds is 10. The van der Waals surface area contributed by atoms with E-state index in [0.717, 1.165) is 45.4 Å². The number of likely N-dealkylation sites (N-methyl/N-ethyl adjacent to an activating group) is 2. The zero-order valence-electron chi connectivity index (χ0n) is 21.2. The predicted octanol–water partition coefficient (Wildman–Crippen LogP) is 1.23. The first kappa shape index (κ1) is 26.9. The fraction of sp³-hybridized carbons (Fsp3) is 0.708. The molecule has 34 heavy (non-hydrogen) atoms. The van der Waals surface area contributed by atoms with Crippen molar-refractivity contribution in [2.24, 2.45) is 0 Å². The van der Waals surface area contributed by atoms with Gasteiger partial charge in [-0.1, -0.05) is 0 Å². The van der Waals surface area contributed by atoms with Crippen LogP contribution in [0.2, 0.25) is 0 Å². The van der Waals surface area contributed by atoms with E-state index in [0.29, 0.717) is 22.9 Å². The summed E-state index contributed by atoms with van der Waals surface area (Å²) >= 11 is 0. The number of methoxy groups -OCH3 is 1. The van der Waals surface area contributed by atoms with Crippen LogP contribution in [0.25, 0.3) is 0 Å². The number of carbonyl (C=O) groups is 1. The maximum Gasteiger partial charge on any atom is 0.248 e. The minimum atomic E-state index is -3.68. The monoisotopic (exact) mass is 496 g/mol. The lowest BCUT2D eigenvalue weighted by Crippen LogP contribution is -2.48. The van der Waals surface area contributed by atoms with Gasteiger partial charge in [0.15, 0.2) is 0 Å². The van der Waals surface area contributed by atoms with Crippen LogP contribution in [0.4, 0.5) is 0 Å². The van der Waals surface area contributed by atoms with Gasteiger partial charge in [0.2, 0.25) is 15.9 Å². The van der Waals surface area contributed by atoms with E-state index < -0.39 is 10.0 Å². The van der Waals surface area contributed by atoms with Crippen LogP contribution in [0.5, 0.6) is 5.75 Å². The van der Waals surface area contributed by atoms with Crippen LogP contribution in [0.1, 0.15) is 30.4 Å². The Labute approximate surface area is 204 Å². The number of hydrogen-bond donors (Lipinski definition) is 1.